The van der Waals surface area contributed by atoms with Crippen molar-refractivity contribution in [2.45, 2.75) is 56.4 Å². The first-order chi connectivity index (χ1) is 16.8. The minimum Gasteiger partial charge on any atom is -0.472 e. The summed E-state index contributed by atoms with van der Waals surface area (Å²) in [6.07, 6.45) is -7.45. The highest BCUT2D eigenvalue weighted by molar-refractivity contribution is 5.90. The molecule has 1 aromatic rings. The van der Waals surface area contributed by atoms with Gasteiger partial charge in [0.05, 0.1) is 31.1 Å². The van der Waals surface area contributed by atoms with Crippen molar-refractivity contribution in [2.75, 3.05) is 13.7 Å². The van der Waals surface area contributed by atoms with Crippen LogP contribution >= 0.6 is 0 Å². The number of rotatable bonds is 6. The zero-order chi connectivity index (χ0) is 25.3. The number of carbonyl (C=O) groups is 2. The van der Waals surface area contributed by atoms with E-state index in [0.717, 1.165) is 0 Å². The highest BCUT2D eigenvalue weighted by Crippen LogP contribution is 2.48. The summed E-state index contributed by atoms with van der Waals surface area (Å²) in [6.45, 7) is 1.23. The van der Waals surface area contributed by atoms with Gasteiger partial charge in [-0.3, -0.25) is 0 Å². The lowest BCUT2D eigenvalue weighted by Crippen LogP contribution is -2.60. The molecule has 1 saturated carbocycles. The monoisotopic (exact) mass is 494 g/mol. The summed E-state index contributed by atoms with van der Waals surface area (Å²) in [4.78, 5) is 25.1. The number of ether oxygens (including phenoxy) is 5. The smallest absolute Gasteiger partial charge is 0.338 e. The van der Waals surface area contributed by atoms with Crippen LogP contribution in [0.25, 0.3) is 0 Å². The second-order valence-corrected chi connectivity index (χ2v) is 8.99. The molecule has 192 valence electrons. The van der Waals surface area contributed by atoms with Crippen molar-refractivity contribution in [3.05, 3.63) is 47.7 Å². The molecule has 4 N–H and O–H groups in total. The fraction of sp³-hybridized carbons (Fsp3) is 0.583. The molecule has 0 radical (unpaired) electrons. The van der Waals surface area contributed by atoms with E-state index in [1.807, 2.05) is 6.92 Å². The van der Waals surface area contributed by atoms with Gasteiger partial charge in [-0.15, -0.1) is 0 Å². The fourth-order valence-electron chi connectivity index (χ4n) is 5.01. The average Bonchev–Trinajstić information content (AvgIpc) is 3.20. The summed E-state index contributed by atoms with van der Waals surface area (Å²) in [6, 6.07) is 8.52. The van der Waals surface area contributed by atoms with Crippen LogP contribution in [0.2, 0.25) is 0 Å². The van der Waals surface area contributed by atoms with Gasteiger partial charge in [-0.1, -0.05) is 25.1 Å². The Balaban J connectivity index is 1.55. The Morgan fingerprint density at radius 2 is 1.74 bits per heavy atom. The van der Waals surface area contributed by atoms with Gasteiger partial charge in [0, 0.05) is 17.8 Å². The van der Waals surface area contributed by atoms with Crippen molar-refractivity contribution in [2.24, 2.45) is 17.8 Å². The molecule has 2 fully saturated rings. The Bertz CT molecular complexity index is 933. The van der Waals surface area contributed by atoms with E-state index in [2.05, 4.69) is 0 Å². The summed E-state index contributed by atoms with van der Waals surface area (Å²) in [5.41, 5.74) is 0.653. The second kappa shape index (κ2) is 10.6. The molecular formula is C24H30O11. The molecule has 1 aromatic carbocycles. The van der Waals surface area contributed by atoms with Gasteiger partial charge in [0.25, 0.3) is 0 Å². The Morgan fingerprint density at radius 3 is 2.40 bits per heavy atom. The molecule has 0 spiro atoms. The van der Waals surface area contributed by atoms with Gasteiger partial charge in [0.15, 0.2) is 6.29 Å². The average molecular weight is 494 g/mol. The number of esters is 2. The maximum absolute atomic E-state index is 12.7. The van der Waals surface area contributed by atoms with Crippen molar-refractivity contribution in [1.29, 1.82) is 0 Å². The van der Waals surface area contributed by atoms with Crippen LogP contribution in [0.3, 0.4) is 0 Å². The topological polar surface area (TPSA) is 161 Å². The van der Waals surface area contributed by atoms with E-state index in [9.17, 15) is 30.0 Å². The molecule has 0 aromatic heterocycles. The number of aliphatic hydroxyl groups is 4. The highest BCUT2D eigenvalue weighted by atomic mass is 16.8. The summed E-state index contributed by atoms with van der Waals surface area (Å²) in [7, 11) is 1.25. The van der Waals surface area contributed by atoms with Gasteiger partial charge in [-0.05, 0) is 18.6 Å². The zero-order valence-electron chi connectivity index (χ0n) is 19.3. The lowest BCUT2D eigenvalue weighted by molar-refractivity contribution is -0.342. The minimum absolute atomic E-state index is 0.260. The van der Waals surface area contributed by atoms with Crippen LogP contribution in [0.15, 0.2) is 42.2 Å². The van der Waals surface area contributed by atoms with Crippen LogP contribution < -0.4 is 0 Å². The predicted molar refractivity (Wildman–Crippen MR) is 116 cm³/mol. The first-order valence-corrected chi connectivity index (χ1v) is 11.4. The third kappa shape index (κ3) is 4.92. The molecule has 1 saturated heterocycles. The lowest BCUT2D eigenvalue weighted by Gasteiger charge is -2.43. The lowest BCUT2D eigenvalue weighted by atomic mass is 9.83. The molecule has 2 aliphatic heterocycles. The number of aliphatic hydroxyl groups excluding tert-OH is 4. The molecule has 1 aliphatic carbocycles. The second-order valence-electron chi connectivity index (χ2n) is 8.99. The SMILES string of the molecule is COC(=O)C1=CO[C@@H](O[C@@H]2O[C@@H](CO)[C@@H](O)[C@H](O)[C@@H]2O)[C@H]2[C@@H](C)[C@@H](OC(=O)c3ccccc3)C[C@H]12. The highest BCUT2D eigenvalue weighted by Gasteiger charge is 2.54. The van der Waals surface area contributed by atoms with Crippen LogP contribution in [0, 0.1) is 17.8 Å². The maximum Gasteiger partial charge on any atom is 0.338 e. The normalized spacial score (nSPS) is 38.6. The molecule has 0 bridgehead atoms. The summed E-state index contributed by atoms with van der Waals surface area (Å²) >= 11 is 0. The molecule has 2 heterocycles. The minimum atomic E-state index is -1.62. The van der Waals surface area contributed by atoms with E-state index in [4.69, 9.17) is 23.7 Å². The molecule has 0 unspecified atom stereocenters. The summed E-state index contributed by atoms with van der Waals surface area (Å²) < 4.78 is 27.7. The molecular weight excluding hydrogens is 464 g/mol. The van der Waals surface area contributed by atoms with E-state index in [0.29, 0.717) is 12.0 Å². The van der Waals surface area contributed by atoms with Gasteiger partial charge >= 0.3 is 11.9 Å². The van der Waals surface area contributed by atoms with Gasteiger partial charge in [0.1, 0.15) is 30.5 Å². The van der Waals surface area contributed by atoms with E-state index in [1.165, 1.54) is 13.4 Å². The van der Waals surface area contributed by atoms with Crippen LogP contribution in [0.5, 0.6) is 0 Å². The van der Waals surface area contributed by atoms with Crippen molar-refractivity contribution in [3.8, 4) is 0 Å². The van der Waals surface area contributed by atoms with Crippen molar-refractivity contribution < 1.29 is 53.7 Å². The molecule has 11 nitrogen and oxygen atoms in total. The number of hydrogen-bond acceptors (Lipinski definition) is 11. The quantitative estimate of drug-likeness (QED) is 0.385. The third-order valence-electron chi connectivity index (χ3n) is 6.99. The van der Waals surface area contributed by atoms with Gasteiger partial charge in [-0.25, -0.2) is 9.59 Å². The molecule has 4 rings (SSSR count). The van der Waals surface area contributed by atoms with Crippen molar-refractivity contribution >= 4 is 11.9 Å². The number of carbonyl (C=O) groups excluding carboxylic acids is 2. The first-order valence-electron chi connectivity index (χ1n) is 11.4. The van der Waals surface area contributed by atoms with Crippen molar-refractivity contribution in [1.82, 2.24) is 0 Å². The van der Waals surface area contributed by atoms with E-state index < -0.39 is 73.5 Å². The van der Waals surface area contributed by atoms with E-state index in [1.54, 1.807) is 30.3 Å². The van der Waals surface area contributed by atoms with Gasteiger partial charge < -0.3 is 44.1 Å². The summed E-state index contributed by atoms with van der Waals surface area (Å²) in [5, 5.41) is 39.9. The Labute approximate surface area is 201 Å². The van der Waals surface area contributed by atoms with E-state index in [-0.39, 0.29) is 11.5 Å². The molecule has 35 heavy (non-hydrogen) atoms. The largest absolute Gasteiger partial charge is 0.472 e. The first kappa shape index (κ1) is 25.5. The number of methoxy groups -OCH3 is 1. The Hall–Kier alpha value is -2.54. The van der Waals surface area contributed by atoms with Gasteiger partial charge in [0.2, 0.25) is 6.29 Å². The van der Waals surface area contributed by atoms with E-state index >= 15 is 0 Å². The zero-order valence-corrected chi connectivity index (χ0v) is 19.3. The number of hydrogen-bond donors (Lipinski definition) is 4. The van der Waals surface area contributed by atoms with Crippen LogP contribution in [-0.4, -0.2) is 89.2 Å². The standard InChI is InChI=1S/C24H30O11/c1-11-15(33-21(29)12-6-4-3-5-7-12)8-13-14(22(30)31-2)10-32-23(17(11)13)35-24-20(28)19(27)18(26)16(9-25)34-24/h3-7,10-11,13,15-20,23-28H,8-9H2,1-2H3/t11-,13+,15-,16-,17-,18+,19-,20-,23-,24-/m0/s1. The number of fused-ring (bicyclic) bond motifs is 1. The summed E-state index contributed by atoms with van der Waals surface area (Å²) in [5.74, 6) is -2.38. The maximum atomic E-state index is 12.7. The molecule has 10 atom stereocenters. The number of benzene rings is 1. The van der Waals surface area contributed by atoms with Gasteiger partial charge in [-0.2, -0.15) is 0 Å². The van der Waals surface area contributed by atoms with Crippen LogP contribution in [0.1, 0.15) is 23.7 Å². The van der Waals surface area contributed by atoms with Crippen LogP contribution in [0.4, 0.5) is 0 Å². The molecule has 3 aliphatic rings. The molecule has 0 amide bonds. The third-order valence-corrected chi connectivity index (χ3v) is 6.99. The fourth-order valence-corrected chi connectivity index (χ4v) is 5.01. The van der Waals surface area contributed by atoms with Crippen molar-refractivity contribution in [3.63, 3.8) is 0 Å². The molecule has 11 heteroatoms. The predicted octanol–water partition coefficient (Wildman–Crippen LogP) is -0.286. The Morgan fingerprint density at radius 1 is 1.03 bits per heavy atom. The van der Waals surface area contributed by atoms with Crippen LogP contribution in [-0.2, 0) is 28.5 Å². The Kier molecular flexibility index (Phi) is 7.74.